The number of piperazine rings is 1. The van der Waals surface area contributed by atoms with Gasteiger partial charge in [-0.15, -0.1) is 24.0 Å². The van der Waals surface area contributed by atoms with Crippen molar-refractivity contribution in [2.75, 3.05) is 66.2 Å². The van der Waals surface area contributed by atoms with E-state index in [1.54, 1.807) is 13.2 Å². The van der Waals surface area contributed by atoms with Gasteiger partial charge in [-0.1, -0.05) is 5.16 Å². The summed E-state index contributed by atoms with van der Waals surface area (Å²) in [4.78, 5) is 6.73. The molecule has 29 heavy (non-hydrogen) atoms. The third-order valence-corrected chi connectivity index (χ3v) is 6.04. The van der Waals surface area contributed by atoms with Crippen LogP contribution in [0.25, 0.3) is 0 Å². The van der Waals surface area contributed by atoms with Gasteiger partial charge in [0.2, 0.25) is 10.0 Å². The van der Waals surface area contributed by atoms with Crippen LogP contribution < -0.4 is 5.32 Å². The van der Waals surface area contributed by atoms with Gasteiger partial charge in [0.1, 0.15) is 12.0 Å². The maximum atomic E-state index is 12.5. The van der Waals surface area contributed by atoms with Crippen LogP contribution in [0.1, 0.15) is 19.0 Å². The zero-order chi connectivity index (χ0) is 20.2. The molecule has 0 atom stereocenters. The van der Waals surface area contributed by atoms with Crippen LogP contribution >= 0.6 is 24.0 Å². The second-order valence-corrected chi connectivity index (χ2v) is 8.30. The Balaban J connectivity index is 0.00000420. The first-order valence-corrected chi connectivity index (χ1v) is 11.1. The van der Waals surface area contributed by atoms with E-state index in [4.69, 9.17) is 14.0 Å². The molecule has 0 bridgehead atoms. The first-order chi connectivity index (χ1) is 13.6. The number of aromatic nitrogens is 1. The second-order valence-electron chi connectivity index (χ2n) is 6.33. The van der Waals surface area contributed by atoms with E-state index in [-0.39, 0.29) is 29.7 Å². The van der Waals surface area contributed by atoms with Crippen LogP contribution in [-0.2, 0) is 25.2 Å². The molecule has 1 N–H and O–H groups in total. The minimum atomic E-state index is -3.40. The molecule has 1 aliphatic heterocycles. The molecule has 168 valence electrons. The maximum absolute atomic E-state index is 12.5. The Kier molecular flexibility index (Phi) is 12.7. The number of guanidine groups is 1. The average molecular weight is 545 g/mol. The average Bonchev–Trinajstić information content (AvgIpc) is 3.19. The fourth-order valence-electron chi connectivity index (χ4n) is 2.79. The lowest BCUT2D eigenvalue weighted by molar-refractivity contribution is 0.0702. The summed E-state index contributed by atoms with van der Waals surface area (Å²) in [7, 11) is -1.75. The molecule has 0 aromatic carbocycles. The van der Waals surface area contributed by atoms with Crippen molar-refractivity contribution in [2.45, 2.75) is 19.1 Å². The third-order valence-electron chi connectivity index (χ3n) is 4.23. The molecule has 0 saturated carbocycles. The molecule has 0 aliphatic carbocycles. The Morgan fingerprint density at radius 3 is 2.66 bits per heavy atom. The number of nitrogens with zero attached hydrogens (tertiary/aromatic N) is 4. The lowest BCUT2D eigenvalue weighted by atomic mass is 10.4. The Labute approximate surface area is 190 Å². The highest BCUT2D eigenvalue weighted by Crippen LogP contribution is 2.13. The first kappa shape index (κ1) is 26.1. The Hall–Kier alpha value is -0.960. The molecular formula is C17H32IN5O5S. The van der Waals surface area contributed by atoms with Gasteiger partial charge in [-0.2, -0.15) is 4.31 Å². The predicted octanol–water partition coefficient (Wildman–Crippen LogP) is 0.759. The molecule has 0 amide bonds. The quantitative estimate of drug-likeness (QED) is 0.188. The standard InChI is InChI=1S/C17H31N5O5S.HI/c1-3-18-17(19-6-4-11-26-14-13-25-2)21-7-9-22(10-8-21)28(23,24)15-16-5-12-27-20-16;/h5,12H,3-4,6-11,13-15H2,1-2H3,(H,18,19);1H. The van der Waals surface area contributed by atoms with Crippen molar-refractivity contribution in [2.24, 2.45) is 4.99 Å². The highest BCUT2D eigenvalue weighted by molar-refractivity contribution is 14.0. The summed E-state index contributed by atoms with van der Waals surface area (Å²) in [5.74, 6) is 0.675. The van der Waals surface area contributed by atoms with E-state index >= 15 is 0 Å². The lowest BCUT2D eigenvalue weighted by Gasteiger charge is -2.35. The third kappa shape index (κ3) is 9.15. The Morgan fingerprint density at radius 2 is 2.03 bits per heavy atom. The SMILES string of the molecule is CCNC(=NCCCOCCOC)N1CCN(S(=O)(=O)Cc2ccon2)CC1.I. The molecule has 2 rings (SSSR count). The highest BCUT2D eigenvalue weighted by Gasteiger charge is 2.28. The number of aliphatic imine (C=N–C) groups is 1. The van der Waals surface area contributed by atoms with Gasteiger partial charge >= 0.3 is 0 Å². The second kappa shape index (κ2) is 14.1. The number of halogens is 1. The smallest absolute Gasteiger partial charge is 0.220 e. The van der Waals surface area contributed by atoms with Crippen molar-refractivity contribution < 1.29 is 22.4 Å². The van der Waals surface area contributed by atoms with Gasteiger partial charge in [-0.05, 0) is 13.3 Å². The summed E-state index contributed by atoms with van der Waals surface area (Å²) in [5.41, 5.74) is 0.421. The summed E-state index contributed by atoms with van der Waals surface area (Å²) in [6.07, 6.45) is 2.20. The molecule has 1 saturated heterocycles. The van der Waals surface area contributed by atoms with E-state index in [9.17, 15) is 8.42 Å². The Morgan fingerprint density at radius 1 is 1.28 bits per heavy atom. The van der Waals surface area contributed by atoms with E-state index in [0.29, 0.717) is 58.2 Å². The number of methoxy groups -OCH3 is 1. The van der Waals surface area contributed by atoms with Crippen molar-refractivity contribution in [1.82, 2.24) is 19.7 Å². The van der Waals surface area contributed by atoms with Crippen LogP contribution in [0.4, 0.5) is 0 Å². The zero-order valence-corrected chi connectivity index (χ0v) is 20.2. The van der Waals surface area contributed by atoms with Crippen LogP contribution in [0, 0.1) is 0 Å². The molecule has 1 aromatic heterocycles. The number of hydrogen-bond donors (Lipinski definition) is 1. The van der Waals surface area contributed by atoms with Gasteiger partial charge in [0, 0.05) is 59.1 Å². The normalized spacial score (nSPS) is 15.9. The van der Waals surface area contributed by atoms with Gasteiger partial charge in [-0.25, -0.2) is 8.42 Å². The topological polar surface area (TPSA) is 110 Å². The molecule has 1 aliphatic rings. The van der Waals surface area contributed by atoms with Crippen LogP contribution in [0.5, 0.6) is 0 Å². The molecule has 2 heterocycles. The van der Waals surface area contributed by atoms with Crippen molar-refractivity contribution >= 4 is 40.0 Å². The van der Waals surface area contributed by atoms with Gasteiger partial charge in [0.05, 0.1) is 18.9 Å². The fraction of sp³-hybridized carbons (Fsp3) is 0.765. The van der Waals surface area contributed by atoms with Gasteiger partial charge in [0.15, 0.2) is 5.96 Å². The number of hydrogen-bond acceptors (Lipinski definition) is 7. The molecule has 0 spiro atoms. The van der Waals surface area contributed by atoms with E-state index in [1.807, 2.05) is 6.92 Å². The van der Waals surface area contributed by atoms with Crippen LogP contribution in [0.15, 0.2) is 21.8 Å². The fourth-order valence-corrected chi connectivity index (χ4v) is 4.21. The summed E-state index contributed by atoms with van der Waals surface area (Å²) in [6.45, 7) is 7.27. The molecule has 10 nitrogen and oxygen atoms in total. The van der Waals surface area contributed by atoms with Gasteiger partial charge < -0.3 is 24.2 Å². The first-order valence-electron chi connectivity index (χ1n) is 9.54. The van der Waals surface area contributed by atoms with E-state index in [0.717, 1.165) is 18.9 Å². The van der Waals surface area contributed by atoms with E-state index in [1.165, 1.54) is 10.6 Å². The molecule has 0 unspecified atom stereocenters. The largest absolute Gasteiger partial charge is 0.382 e. The summed E-state index contributed by atoms with van der Waals surface area (Å²) in [6, 6.07) is 1.57. The highest BCUT2D eigenvalue weighted by atomic mass is 127. The zero-order valence-electron chi connectivity index (χ0n) is 17.1. The van der Waals surface area contributed by atoms with Crippen molar-refractivity contribution in [3.63, 3.8) is 0 Å². The van der Waals surface area contributed by atoms with Crippen molar-refractivity contribution in [3.05, 3.63) is 18.0 Å². The van der Waals surface area contributed by atoms with Crippen molar-refractivity contribution in [3.8, 4) is 0 Å². The molecule has 0 radical (unpaired) electrons. The number of nitrogens with one attached hydrogen (secondary N) is 1. The predicted molar refractivity (Wildman–Crippen MR) is 121 cm³/mol. The molecule has 12 heteroatoms. The minimum Gasteiger partial charge on any atom is -0.382 e. The summed E-state index contributed by atoms with van der Waals surface area (Å²) >= 11 is 0. The van der Waals surface area contributed by atoms with Crippen LogP contribution in [-0.4, -0.2) is 94.9 Å². The Bertz CT molecular complexity index is 678. The van der Waals surface area contributed by atoms with E-state index < -0.39 is 10.0 Å². The van der Waals surface area contributed by atoms with E-state index in [2.05, 4.69) is 20.4 Å². The van der Waals surface area contributed by atoms with Gasteiger partial charge in [-0.3, -0.25) is 4.99 Å². The molecule has 1 fully saturated rings. The van der Waals surface area contributed by atoms with Crippen LogP contribution in [0.2, 0.25) is 0 Å². The molecular weight excluding hydrogens is 513 g/mol. The summed E-state index contributed by atoms with van der Waals surface area (Å²) in [5, 5.41) is 6.97. The number of sulfonamides is 1. The van der Waals surface area contributed by atoms with Crippen LogP contribution in [0.3, 0.4) is 0 Å². The number of ether oxygens (including phenoxy) is 2. The molecule has 1 aromatic rings. The maximum Gasteiger partial charge on any atom is 0.220 e. The summed E-state index contributed by atoms with van der Waals surface area (Å²) < 4.78 is 41.7. The minimum absolute atomic E-state index is 0. The van der Waals surface area contributed by atoms with Crippen molar-refractivity contribution in [1.29, 1.82) is 0 Å². The van der Waals surface area contributed by atoms with Gasteiger partial charge in [0.25, 0.3) is 0 Å². The monoisotopic (exact) mass is 545 g/mol. The number of rotatable bonds is 11. The lowest BCUT2D eigenvalue weighted by Crippen LogP contribution is -2.53.